The van der Waals surface area contributed by atoms with E-state index in [0.717, 1.165) is 11.1 Å². The SMILES string of the molecule is COC(=O)c1cccc(-c2cc(-c3ccc(Cl)cc3)on2)c1. The fourth-order valence-corrected chi connectivity index (χ4v) is 2.21. The first kappa shape index (κ1) is 14.4. The minimum atomic E-state index is -0.386. The van der Waals surface area contributed by atoms with E-state index in [4.69, 9.17) is 20.9 Å². The molecule has 3 aromatic rings. The zero-order valence-corrected chi connectivity index (χ0v) is 12.5. The van der Waals surface area contributed by atoms with E-state index in [0.29, 0.717) is 22.0 Å². The molecule has 0 aliphatic heterocycles. The Kier molecular flexibility index (Phi) is 3.94. The van der Waals surface area contributed by atoms with E-state index in [2.05, 4.69) is 5.16 Å². The number of halogens is 1. The van der Waals surface area contributed by atoms with Gasteiger partial charge in [0.05, 0.1) is 12.7 Å². The molecular formula is C17H12ClNO3. The van der Waals surface area contributed by atoms with E-state index in [1.165, 1.54) is 7.11 Å². The summed E-state index contributed by atoms with van der Waals surface area (Å²) < 4.78 is 10.1. The summed E-state index contributed by atoms with van der Waals surface area (Å²) in [6, 6.07) is 16.2. The third-order valence-electron chi connectivity index (χ3n) is 3.22. The number of hydrogen-bond donors (Lipinski definition) is 0. The molecule has 3 rings (SSSR count). The summed E-state index contributed by atoms with van der Waals surface area (Å²) in [5.74, 6) is 0.249. The number of carbonyl (C=O) groups excluding carboxylic acids is 1. The summed E-state index contributed by atoms with van der Waals surface area (Å²) in [6.45, 7) is 0. The Balaban J connectivity index is 1.94. The van der Waals surface area contributed by atoms with E-state index < -0.39 is 0 Å². The summed E-state index contributed by atoms with van der Waals surface area (Å²) >= 11 is 5.87. The topological polar surface area (TPSA) is 52.3 Å². The second-order valence-electron chi connectivity index (χ2n) is 4.66. The minimum absolute atomic E-state index is 0.386. The van der Waals surface area contributed by atoms with Crippen LogP contribution in [0.15, 0.2) is 59.1 Å². The van der Waals surface area contributed by atoms with Crippen LogP contribution in [-0.2, 0) is 4.74 Å². The molecule has 0 fully saturated rings. The van der Waals surface area contributed by atoms with Crippen molar-refractivity contribution in [2.45, 2.75) is 0 Å². The highest BCUT2D eigenvalue weighted by molar-refractivity contribution is 6.30. The van der Waals surface area contributed by atoms with Crippen LogP contribution in [0.3, 0.4) is 0 Å². The van der Waals surface area contributed by atoms with Crippen molar-refractivity contribution in [1.29, 1.82) is 0 Å². The summed E-state index contributed by atoms with van der Waals surface area (Å²) in [5.41, 5.74) is 2.78. The normalized spacial score (nSPS) is 10.5. The lowest BCUT2D eigenvalue weighted by Crippen LogP contribution is -2.00. The molecule has 5 heteroatoms. The summed E-state index contributed by atoms with van der Waals surface area (Å²) in [5, 5.41) is 4.71. The van der Waals surface area contributed by atoms with Gasteiger partial charge in [0.15, 0.2) is 5.76 Å². The van der Waals surface area contributed by atoms with Crippen LogP contribution in [0.4, 0.5) is 0 Å². The highest BCUT2D eigenvalue weighted by Crippen LogP contribution is 2.27. The van der Waals surface area contributed by atoms with Crippen LogP contribution in [0.25, 0.3) is 22.6 Å². The van der Waals surface area contributed by atoms with Gasteiger partial charge in [-0.1, -0.05) is 28.9 Å². The van der Waals surface area contributed by atoms with Crippen LogP contribution < -0.4 is 0 Å². The van der Waals surface area contributed by atoms with E-state index in [9.17, 15) is 4.79 Å². The monoisotopic (exact) mass is 313 g/mol. The quantitative estimate of drug-likeness (QED) is 0.670. The second-order valence-corrected chi connectivity index (χ2v) is 5.09. The zero-order chi connectivity index (χ0) is 15.5. The Hall–Kier alpha value is -2.59. The molecule has 1 heterocycles. The molecule has 4 nitrogen and oxygen atoms in total. The Labute approximate surface area is 132 Å². The van der Waals surface area contributed by atoms with Crippen LogP contribution in [0, 0.1) is 0 Å². The molecule has 0 atom stereocenters. The van der Waals surface area contributed by atoms with Gasteiger partial charge in [0.1, 0.15) is 5.69 Å². The lowest BCUT2D eigenvalue weighted by Gasteiger charge is -2.00. The molecule has 22 heavy (non-hydrogen) atoms. The standard InChI is InChI=1S/C17H12ClNO3/c1-21-17(20)13-4-2-3-12(9-13)15-10-16(22-19-15)11-5-7-14(18)8-6-11/h2-10H,1H3. The maximum atomic E-state index is 11.6. The molecule has 0 bridgehead atoms. The van der Waals surface area contributed by atoms with E-state index in [1.807, 2.05) is 24.3 Å². The van der Waals surface area contributed by atoms with Crippen molar-refractivity contribution in [3.63, 3.8) is 0 Å². The molecular weight excluding hydrogens is 302 g/mol. The summed E-state index contributed by atoms with van der Waals surface area (Å²) in [4.78, 5) is 11.6. The van der Waals surface area contributed by atoms with Gasteiger partial charge in [0.25, 0.3) is 0 Å². The third kappa shape index (κ3) is 2.87. The van der Waals surface area contributed by atoms with Crippen molar-refractivity contribution in [3.05, 3.63) is 65.2 Å². The predicted molar refractivity (Wildman–Crippen MR) is 83.7 cm³/mol. The number of esters is 1. The van der Waals surface area contributed by atoms with Crippen molar-refractivity contribution in [2.24, 2.45) is 0 Å². The number of carbonyl (C=O) groups is 1. The van der Waals surface area contributed by atoms with Gasteiger partial charge in [-0.2, -0.15) is 0 Å². The zero-order valence-electron chi connectivity index (χ0n) is 11.7. The highest BCUT2D eigenvalue weighted by Gasteiger charge is 2.11. The fraction of sp³-hybridized carbons (Fsp3) is 0.0588. The number of rotatable bonds is 3. The van der Waals surface area contributed by atoms with Crippen molar-refractivity contribution < 1.29 is 14.1 Å². The van der Waals surface area contributed by atoms with Crippen molar-refractivity contribution in [1.82, 2.24) is 5.16 Å². The highest BCUT2D eigenvalue weighted by atomic mass is 35.5. The number of aromatic nitrogens is 1. The molecule has 0 aliphatic rings. The molecule has 0 unspecified atom stereocenters. The van der Waals surface area contributed by atoms with Crippen molar-refractivity contribution in [2.75, 3.05) is 7.11 Å². The first-order valence-corrected chi connectivity index (χ1v) is 6.96. The van der Waals surface area contributed by atoms with Crippen LogP contribution in [-0.4, -0.2) is 18.2 Å². The maximum Gasteiger partial charge on any atom is 0.337 e. The molecule has 0 aliphatic carbocycles. The largest absolute Gasteiger partial charge is 0.465 e. The summed E-state index contributed by atoms with van der Waals surface area (Å²) in [7, 11) is 1.35. The maximum absolute atomic E-state index is 11.6. The molecule has 0 saturated carbocycles. The number of hydrogen-bond acceptors (Lipinski definition) is 4. The van der Waals surface area contributed by atoms with Gasteiger partial charge >= 0.3 is 5.97 Å². The van der Waals surface area contributed by atoms with E-state index >= 15 is 0 Å². The Morgan fingerprint density at radius 1 is 1.09 bits per heavy atom. The number of methoxy groups -OCH3 is 1. The van der Waals surface area contributed by atoms with E-state index in [1.54, 1.807) is 30.3 Å². The van der Waals surface area contributed by atoms with Gasteiger partial charge in [-0.25, -0.2) is 4.79 Å². The second kappa shape index (κ2) is 6.03. The molecule has 0 N–H and O–H groups in total. The van der Waals surface area contributed by atoms with Gasteiger partial charge < -0.3 is 9.26 Å². The van der Waals surface area contributed by atoms with Gasteiger partial charge in [0.2, 0.25) is 0 Å². The van der Waals surface area contributed by atoms with Crippen molar-refractivity contribution in [3.8, 4) is 22.6 Å². The van der Waals surface area contributed by atoms with Crippen LogP contribution in [0.2, 0.25) is 5.02 Å². The Bertz CT molecular complexity index is 809. The number of benzene rings is 2. The molecule has 0 radical (unpaired) electrons. The molecule has 1 aromatic heterocycles. The van der Waals surface area contributed by atoms with Gasteiger partial charge in [-0.05, 0) is 36.4 Å². The van der Waals surface area contributed by atoms with Crippen LogP contribution >= 0.6 is 11.6 Å². The first-order chi connectivity index (χ1) is 10.7. The van der Waals surface area contributed by atoms with Crippen LogP contribution in [0.1, 0.15) is 10.4 Å². The lowest BCUT2D eigenvalue weighted by atomic mass is 10.1. The molecule has 110 valence electrons. The van der Waals surface area contributed by atoms with Crippen molar-refractivity contribution >= 4 is 17.6 Å². The fourth-order valence-electron chi connectivity index (χ4n) is 2.08. The number of ether oxygens (including phenoxy) is 1. The minimum Gasteiger partial charge on any atom is -0.465 e. The average Bonchev–Trinajstić information content (AvgIpc) is 3.05. The molecule has 2 aromatic carbocycles. The molecule has 0 amide bonds. The van der Waals surface area contributed by atoms with Crippen LogP contribution in [0.5, 0.6) is 0 Å². The first-order valence-electron chi connectivity index (χ1n) is 6.59. The Morgan fingerprint density at radius 3 is 2.59 bits per heavy atom. The number of nitrogens with zero attached hydrogens (tertiary/aromatic N) is 1. The Morgan fingerprint density at radius 2 is 1.86 bits per heavy atom. The van der Waals surface area contributed by atoms with E-state index in [-0.39, 0.29) is 5.97 Å². The predicted octanol–water partition coefficient (Wildman–Crippen LogP) is 4.45. The molecule has 0 spiro atoms. The third-order valence-corrected chi connectivity index (χ3v) is 3.47. The van der Waals surface area contributed by atoms with Gasteiger partial charge in [0, 0.05) is 22.2 Å². The molecule has 0 saturated heterocycles. The van der Waals surface area contributed by atoms with Gasteiger partial charge in [-0.15, -0.1) is 0 Å². The smallest absolute Gasteiger partial charge is 0.337 e. The summed E-state index contributed by atoms with van der Waals surface area (Å²) in [6.07, 6.45) is 0. The van der Waals surface area contributed by atoms with Gasteiger partial charge in [-0.3, -0.25) is 0 Å². The average molecular weight is 314 g/mol. The lowest BCUT2D eigenvalue weighted by molar-refractivity contribution is 0.0601.